The van der Waals surface area contributed by atoms with Crippen molar-refractivity contribution in [1.82, 2.24) is 10.6 Å². The lowest BCUT2D eigenvalue weighted by molar-refractivity contribution is 0.200. The number of hydrogen-bond donors (Lipinski definition) is 3. The van der Waals surface area contributed by atoms with Crippen LogP contribution in [0.1, 0.15) is 11.3 Å². The molecule has 3 rings (SSSR count). The third-order valence-electron chi connectivity index (χ3n) is 3.66. The van der Waals surface area contributed by atoms with Gasteiger partial charge in [0.25, 0.3) is 0 Å². The number of ether oxygens (including phenoxy) is 1. The predicted molar refractivity (Wildman–Crippen MR) is 94.3 cm³/mol. The number of carbonyl (C=O) groups excluding carboxylic acids is 1. The lowest BCUT2D eigenvalue weighted by Crippen LogP contribution is -2.34. The first kappa shape index (κ1) is 16.9. The van der Waals surface area contributed by atoms with Crippen LogP contribution >= 0.6 is 0 Å². The second-order valence-electron chi connectivity index (χ2n) is 5.47. The number of rotatable bonds is 7. The Morgan fingerprint density at radius 2 is 1.80 bits per heavy atom. The molecule has 130 valence electrons. The minimum absolute atomic E-state index is 0.0558. The van der Waals surface area contributed by atoms with Crippen molar-refractivity contribution in [3.63, 3.8) is 0 Å². The molecule has 2 aromatic carbocycles. The molecule has 0 saturated heterocycles. The van der Waals surface area contributed by atoms with Crippen LogP contribution in [0.15, 0.2) is 59.0 Å². The zero-order valence-corrected chi connectivity index (χ0v) is 13.7. The van der Waals surface area contributed by atoms with Gasteiger partial charge >= 0.3 is 6.03 Å². The number of nitrogens with one attached hydrogen (secondary N) is 2. The average Bonchev–Trinajstić information content (AvgIpc) is 3.06. The van der Waals surface area contributed by atoms with Gasteiger partial charge in [-0.15, -0.1) is 0 Å². The molecule has 0 saturated carbocycles. The van der Waals surface area contributed by atoms with Crippen LogP contribution in [0, 0.1) is 0 Å². The van der Waals surface area contributed by atoms with E-state index in [1.165, 1.54) is 0 Å². The standard InChI is InChI=1S/C19H20N2O4/c22-9-10-24-17-7-3-2-6-15(17)12-20-19(23)21-13-16-11-14-5-1-4-8-18(14)25-16/h1-8,11,22H,9-10,12-13H2,(H2,20,21,23). The smallest absolute Gasteiger partial charge is 0.315 e. The molecule has 0 aliphatic rings. The fraction of sp³-hybridized carbons (Fsp3) is 0.211. The normalized spacial score (nSPS) is 10.6. The Labute approximate surface area is 145 Å². The molecule has 0 spiro atoms. The monoisotopic (exact) mass is 340 g/mol. The van der Waals surface area contributed by atoms with Crippen LogP contribution < -0.4 is 15.4 Å². The topological polar surface area (TPSA) is 83.7 Å². The van der Waals surface area contributed by atoms with Gasteiger partial charge in [-0.3, -0.25) is 0 Å². The minimum atomic E-state index is -0.294. The van der Waals surface area contributed by atoms with E-state index in [0.29, 0.717) is 24.6 Å². The largest absolute Gasteiger partial charge is 0.491 e. The SMILES string of the molecule is O=C(NCc1cc2ccccc2o1)NCc1ccccc1OCCO. The summed E-state index contributed by atoms with van der Waals surface area (Å²) in [5.41, 5.74) is 1.64. The Hall–Kier alpha value is -2.99. The summed E-state index contributed by atoms with van der Waals surface area (Å²) in [6, 6.07) is 16.7. The lowest BCUT2D eigenvalue weighted by Gasteiger charge is -2.11. The third-order valence-corrected chi connectivity index (χ3v) is 3.66. The summed E-state index contributed by atoms with van der Waals surface area (Å²) in [6.07, 6.45) is 0. The number of amides is 2. The highest BCUT2D eigenvalue weighted by Crippen LogP contribution is 2.19. The zero-order chi connectivity index (χ0) is 17.5. The van der Waals surface area contributed by atoms with Gasteiger partial charge in [0.2, 0.25) is 0 Å². The molecule has 3 N–H and O–H groups in total. The van der Waals surface area contributed by atoms with Gasteiger partial charge in [0.1, 0.15) is 23.7 Å². The van der Waals surface area contributed by atoms with Gasteiger partial charge in [0.15, 0.2) is 0 Å². The van der Waals surface area contributed by atoms with E-state index < -0.39 is 0 Å². The Morgan fingerprint density at radius 1 is 1.04 bits per heavy atom. The predicted octanol–water partition coefficient (Wildman–Crippen LogP) is 2.80. The molecule has 1 heterocycles. The molecule has 0 aliphatic heterocycles. The van der Waals surface area contributed by atoms with Crippen LogP contribution in [-0.2, 0) is 13.1 Å². The molecule has 6 nitrogen and oxygen atoms in total. The van der Waals surface area contributed by atoms with E-state index in [1.807, 2.05) is 48.5 Å². The molecule has 3 aromatic rings. The van der Waals surface area contributed by atoms with E-state index >= 15 is 0 Å². The third kappa shape index (κ3) is 4.51. The van der Waals surface area contributed by atoms with E-state index in [0.717, 1.165) is 16.5 Å². The van der Waals surface area contributed by atoms with E-state index in [9.17, 15) is 4.79 Å². The molecule has 0 unspecified atom stereocenters. The summed E-state index contributed by atoms with van der Waals surface area (Å²) in [7, 11) is 0. The number of para-hydroxylation sites is 2. The van der Waals surface area contributed by atoms with E-state index in [-0.39, 0.29) is 19.2 Å². The highest BCUT2D eigenvalue weighted by Gasteiger charge is 2.07. The first-order chi connectivity index (χ1) is 12.3. The summed E-state index contributed by atoms with van der Waals surface area (Å²) in [5.74, 6) is 1.34. The van der Waals surface area contributed by atoms with Gasteiger partial charge in [0.05, 0.1) is 13.2 Å². The van der Waals surface area contributed by atoms with Crippen LogP contribution in [0.3, 0.4) is 0 Å². The van der Waals surface area contributed by atoms with Crippen molar-refractivity contribution in [2.45, 2.75) is 13.1 Å². The Kier molecular flexibility index (Phi) is 5.53. The maximum atomic E-state index is 12.0. The average molecular weight is 340 g/mol. The minimum Gasteiger partial charge on any atom is -0.491 e. The fourth-order valence-electron chi connectivity index (χ4n) is 2.48. The lowest BCUT2D eigenvalue weighted by atomic mass is 10.2. The zero-order valence-electron chi connectivity index (χ0n) is 13.7. The Balaban J connectivity index is 1.51. The maximum Gasteiger partial charge on any atom is 0.315 e. The van der Waals surface area contributed by atoms with Gasteiger partial charge in [-0.25, -0.2) is 4.79 Å². The molecular formula is C19H20N2O4. The van der Waals surface area contributed by atoms with Crippen LogP contribution in [0.5, 0.6) is 5.75 Å². The Morgan fingerprint density at radius 3 is 2.64 bits per heavy atom. The number of hydrogen-bond acceptors (Lipinski definition) is 4. The summed E-state index contributed by atoms with van der Waals surface area (Å²) in [5, 5.41) is 15.4. The summed E-state index contributed by atoms with van der Waals surface area (Å²) in [6.45, 7) is 0.797. The first-order valence-electron chi connectivity index (χ1n) is 8.07. The van der Waals surface area contributed by atoms with Crippen molar-refractivity contribution in [1.29, 1.82) is 0 Å². The van der Waals surface area contributed by atoms with E-state index in [1.54, 1.807) is 6.07 Å². The maximum absolute atomic E-state index is 12.0. The van der Waals surface area contributed by atoms with Gasteiger partial charge in [-0.2, -0.15) is 0 Å². The number of fused-ring (bicyclic) bond motifs is 1. The summed E-state index contributed by atoms with van der Waals surface area (Å²) in [4.78, 5) is 12.0. The van der Waals surface area contributed by atoms with Gasteiger partial charge in [0, 0.05) is 17.5 Å². The van der Waals surface area contributed by atoms with E-state index in [2.05, 4.69) is 10.6 Å². The molecule has 6 heteroatoms. The first-order valence-corrected chi connectivity index (χ1v) is 8.07. The molecule has 0 fully saturated rings. The molecule has 0 bridgehead atoms. The molecule has 2 amide bonds. The van der Waals surface area contributed by atoms with Gasteiger partial charge in [-0.1, -0.05) is 36.4 Å². The van der Waals surface area contributed by atoms with Crippen LogP contribution in [-0.4, -0.2) is 24.4 Å². The number of furan rings is 1. The quantitative estimate of drug-likeness (QED) is 0.617. The summed E-state index contributed by atoms with van der Waals surface area (Å²) < 4.78 is 11.1. The Bertz CT molecular complexity index is 811. The number of aliphatic hydroxyl groups excluding tert-OH is 1. The van der Waals surface area contributed by atoms with Crippen LogP contribution in [0.25, 0.3) is 11.0 Å². The molecule has 0 radical (unpaired) electrons. The number of carbonyl (C=O) groups is 1. The highest BCUT2D eigenvalue weighted by molar-refractivity contribution is 5.78. The molecular weight excluding hydrogens is 320 g/mol. The number of urea groups is 1. The van der Waals surface area contributed by atoms with Gasteiger partial charge in [-0.05, 0) is 18.2 Å². The molecule has 0 aliphatic carbocycles. The van der Waals surface area contributed by atoms with Crippen LogP contribution in [0.2, 0.25) is 0 Å². The fourth-order valence-corrected chi connectivity index (χ4v) is 2.48. The van der Waals surface area contributed by atoms with Crippen molar-refractivity contribution in [3.8, 4) is 5.75 Å². The summed E-state index contributed by atoms with van der Waals surface area (Å²) >= 11 is 0. The van der Waals surface area contributed by atoms with Crippen LogP contribution in [0.4, 0.5) is 4.79 Å². The molecule has 25 heavy (non-hydrogen) atoms. The van der Waals surface area contributed by atoms with Gasteiger partial charge < -0.3 is 24.9 Å². The van der Waals surface area contributed by atoms with Crippen molar-refractivity contribution in [3.05, 3.63) is 65.9 Å². The number of aliphatic hydroxyl groups is 1. The second-order valence-corrected chi connectivity index (χ2v) is 5.47. The molecule has 1 aromatic heterocycles. The van der Waals surface area contributed by atoms with Crippen molar-refractivity contribution < 1.29 is 19.1 Å². The number of benzene rings is 2. The molecule has 0 atom stereocenters. The van der Waals surface area contributed by atoms with Crippen molar-refractivity contribution >= 4 is 17.0 Å². The van der Waals surface area contributed by atoms with Crippen molar-refractivity contribution in [2.24, 2.45) is 0 Å². The van der Waals surface area contributed by atoms with Crippen molar-refractivity contribution in [2.75, 3.05) is 13.2 Å². The highest BCUT2D eigenvalue weighted by atomic mass is 16.5. The second kappa shape index (κ2) is 8.21. The van der Waals surface area contributed by atoms with E-state index in [4.69, 9.17) is 14.3 Å².